The Labute approximate surface area is 121 Å². The lowest BCUT2D eigenvalue weighted by molar-refractivity contribution is 0.0647. The van der Waals surface area contributed by atoms with E-state index in [0.717, 1.165) is 10.0 Å². The standard InChI is InChI=1S/C14H18BrNO3/c1-9-12(4-3-5-13(9)15)14(18)16-7-11(19-2)6-10(16)8-17/h3-5,10-11,17H,6-8H2,1-2H3/t10-,11+/m0/s1. The van der Waals surface area contributed by atoms with Crippen molar-refractivity contribution >= 4 is 21.8 Å². The Hall–Kier alpha value is -0.910. The van der Waals surface area contributed by atoms with Crippen LogP contribution in [0.15, 0.2) is 22.7 Å². The van der Waals surface area contributed by atoms with Gasteiger partial charge in [0.15, 0.2) is 0 Å². The van der Waals surface area contributed by atoms with Crippen molar-refractivity contribution in [1.29, 1.82) is 0 Å². The highest BCUT2D eigenvalue weighted by Gasteiger charge is 2.35. The summed E-state index contributed by atoms with van der Waals surface area (Å²) in [6.45, 7) is 2.42. The molecule has 1 amide bonds. The minimum absolute atomic E-state index is 0.00793. The van der Waals surface area contributed by atoms with Gasteiger partial charge in [0.1, 0.15) is 0 Å². The second-order valence-electron chi connectivity index (χ2n) is 4.80. The van der Waals surface area contributed by atoms with Gasteiger partial charge >= 0.3 is 0 Å². The van der Waals surface area contributed by atoms with Gasteiger partial charge in [-0.1, -0.05) is 22.0 Å². The van der Waals surface area contributed by atoms with Crippen molar-refractivity contribution in [3.8, 4) is 0 Å². The summed E-state index contributed by atoms with van der Waals surface area (Å²) in [7, 11) is 1.64. The number of nitrogens with zero attached hydrogens (tertiary/aromatic N) is 1. The van der Waals surface area contributed by atoms with Crippen molar-refractivity contribution in [2.75, 3.05) is 20.3 Å². The summed E-state index contributed by atoms with van der Waals surface area (Å²) in [5.74, 6) is -0.0441. The number of aliphatic hydroxyl groups excluding tert-OH is 1. The molecule has 1 aromatic rings. The molecule has 0 unspecified atom stereocenters. The number of ether oxygens (including phenoxy) is 1. The lowest BCUT2D eigenvalue weighted by Gasteiger charge is -2.23. The van der Waals surface area contributed by atoms with E-state index in [1.54, 1.807) is 12.0 Å². The van der Waals surface area contributed by atoms with Gasteiger partial charge in [-0.15, -0.1) is 0 Å². The Bertz CT molecular complexity index is 478. The van der Waals surface area contributed by atoms with Crippen LogP contribution >= 0.6 is 15.9 Å². The van der Waals surface area contributed by atoms with Crippen molar-refractivity contribution in [1.82, 2.24) is 4.90 Å². The minimum Gasteiger partial charge on any atom is -0.394 e. The summed E-state index contributed by atoms with van der Waals surface area (Å²) < 4.78 is 6.22. The van der Waals surface area contributed by atoms with Crippen LogP contribution in [-0.4, -0.2) is 48.3 Å². The van der Waals surface area contributed by atoms with E-state index in [9.17, 15) is 9.90 Å². The quantitative estimate of drug-likeness (QED) is 0.923. The van der Waals surface area contributed by atoms with E-state index in [1.165, 1.54) is 0 Å². The van der Waals surface area contributed by atoms with Crippen LogP contribution in [0.3, 0.4) is 0 Å². The molecule has 0 aromatic heterocycles. The van der Waals surface area contributed by atoms with Gasteiger partial charge in [-0.05, 0) is 31.0 Å². The third-order valence-electron chi connectivity index (χ3n) is 3.68. The molecule has 2 atom stereocenters. The highest BCUT2D eigenvalue weighted by Crippen LogP contribution is 2.25. The molecule has 0 saturated carbocycles. The number of hydrogen-bond acceptors (Lipinski definition) is 3. The first-order valence-corrected chi connectivity index (χ1v) is 7.07. The fraction of sp³-hybridized carbons (Fsp3) is 0.500. The molecule has 1 aromatic carbocycles. The lowest BCUT2D eigenvalue weighted by Crippen LogP contribution is -2.38. The van der Waals surface area contributed by atoms with Gasteiger partial charge in [0.05, 0.1) is 18.8 Å². The van der Waals surface area contributed by atoms with Gasteiger partial charge in [0, 0.05) is 23.7 Å². The molecule has 1 N–H and O–H groups in total. The molecular formula is C14H18BrNO3. The summed E-state index contributed by atoms with van der Waals surface area (Å²) in [6.07, 6.45) is 0.694. The average Bonchev–Trinajstić information content (AvgIpc) is 2.84. The maximum absolute atomic E-state index is 12.6. The van der Waals surface area contributed by atoms with Gasteiger partial charge in [0.25, 0.3) is 5.91 Å². The van der Waals surface area contributed by atoms with Crippen LogP contribution in [-0.2, 0) is 4.74 Å². The third-order valence-corrected chi connectivity index (χ3v) is 4.54. The zero-order valence-electron chi connectivity index (χ0n) is 11.1. The Morgan fingerprint density at radius 2 is 2.32 bits per heavy atom. The second-order valence-corrected chi connectivity index (χ2v) is 5.65. The molecule has 19 heavy (non-hydrogen) atoms. The van der Waals surface area contributed by atoms with Crippen molar-refractivity contribution < 1.29 is 14.6 Å². The molecule has 1 aliphatic rings. The average molecular weight is 328 g/mol. The van der Waals surface area contributed by atoms with E-state index >= 15 is 0 Å². The van der Waals surface area contributed by atoms with Crippen LogP contribution in [0, 0.1) is 6.92 Å². The number of aliphatic hydroxyl groups is 1. The molecule has 1 heterocycles. The van der Waals surface area contributed by atoms with E-state index in [0.29, 0.717) is 18.5 Å². The monoisotopic (exact) mass is 327 g/mol. The zero-order chi connectivity index (χ0) is 14.0. The Kier molecular flexibility index (Phi) is 4.60. The molecule has 5 heteroatoms. The largest absolute Gasteiger partial charge is 0.394 e. The minimum atomic E-state index is -0.157. The normalized spacial score (nSPS) is 22.8. The number of carbonyl (C=O) groups is 1. The van der Waals surface area contributed by atoms with E-state index in [-0.39, 0.29) is 24.7 Å². The Morgan fingerprint density at radius 1 is 1.58 bits per heavy atom. The summed E-state index contributed by atoms with van der Waals surface area (Å²) in [5, 5.41) is 9.41. The molecule has 4 nitrogen and oxygen atoms in total. The molecule has 0 spiro atoms. The van der Waals surface area contributed by atoms with E-state index in [2.05, 4.69) is 15.9 Å². The van der Waals surface area contributed by atoms with Gasteiger partial charge in [0.2, 0.25) is 0 Å². The number of halogens is 1. The maximum Gasteiger partial charge on any atom is 0.254 e. The molecule has 0 bridgehead atoms. The highest BCUT2D eigenvalue weighted by atomic mass is 79.9. The molecule has 2 rings (SSSR count). The number of carbonyl (C=O) groups excluding carboxylic acids is 1. The number of hydrogen-bond donors (Lipinski definition) is 1. The van der Waals surface area contributed by atoms with Crippen molar-refractivity contribution in [3.05, 3.63) is 33.8 Å². The fourth-order valence-corrected chi connectivity index (χ4v) is 2.83. The number of methoxy groups -OCH3 is 1. The van der Waals surface area contributed by atoms with Crippen LogP contribution < -0.4 is 0 Å². The third kappa shape index (κ3) is 2.83. The molecular weight excluding hydrogens is 310 g/mol. The van der Waals surface area contributed by atoms with Crippen LogP contribution in [0.1, 0.15) is 22.3 Å². The molecule has 1 aliphatic heterocycles. The topological polar surface area (TPSA) is 49.8 Å². The van der Waals surface area contributed by atoms with Gasteiger partial charge in [-0.25, -0.2) is 0 Å². The SMILES string of the molecule is CO[C@@H]1C[C@@H](CO)N(C(=O)c2cccc(Br)c2C)C1. The van der Waals surface area contributed by atoms with Gasteiger partial charge < -0.3 is 14.7 Å². The first-order chi connectivity index (χ1) is 9.08. The Morgan fingerprint density at radius 3 is 2.95 bits per heavy atom. The van der Waals surface area contributed by atoms with E-state index < -0.39 is 0 Å². The Balaban J connectivity index is 2.26. The number of amides is 1. The van der Waals surface area contributed by atoms with E-state index in [4.69, 9.17) is 4.74 Å². The first kappa shape index (κ1) is 14.5. The second kappa shape index (κ2) is 6.03. The van der Waals surface area contributed by atoms with Crippen LogP contribution in [0.2, 0.25) is 0 Å². The first-order valence-electron chi connectivity index (χ1n) is 6.28. The predicted octanol–water partition coefficient (Wildman–Crippen LogP) is 1.98. The molecule has 1 saturated heterocycles. The maximum atomic E-state index is 12.6. The summed E-state index contributed by atoms with van der Waals surface area (Å²) >= 11 is 3.44. The predicted molar refractivity (Wildman–Crippen MR) is 76.2 cm³/mol. The summed E-state index contributed by atoms with van der Waals surface area (Å²) in [5.41, 5.74) is 1.59. The number of benzene rings is 1. The van der Waals surface area contributed by atoms with Crippen molar-refractivity contribution in [2.24, 2.45) is 0 Å². The van der Waals surface area contributed by atoms with Gasteiger partial charge in [-0.2, -0.15) is 0 Å². The van der Waals surface area contributed by atoms with Crippen molar-refractivity contribution in [2.45, 2.75) is 25.5 Å². The molecule has 0 aliphatic carbocycles. The fourth-order valence-electron chi connectivity index (χ4n) is 2.46. The van der Waals surface area contributed by atoms with Gasteiger partial charge in [-0.3, -0.25) is 4.79 Å². The summed E-state index contributed by atoms with van der Waals surface area (Å²) in [6, 6.07) is 5.42. The van der Waals surface area contributed by atoms with Crippen LogP contribution in [0.25, 0.3) is 0 Å². The number of likely N-dealkylation sites (tertiary alicyclic amines) is 1. The zero-order valence-corrected chi connectivity index (χ0v) is 12.7. The van der Waals surface area contributed by atoms with E-state index in [1.807, 2.05) is 25.1 Å². The number of rotatable bonds is 3. The molecule has 104 valence electrons. The lowest BCUT2D eigenvalue weighted by atomic mass is 10.1. The van der Waals surface area contributed by atoms with Crippen LogP contribution in [0.4, 0.5) is 0 Å². The summed E-state index contributed by atoms with van der Waals surface area (Å²) in [4.78, 5) is 14.3. The van der Waals surface area contributed by atoms with Crippen LogP contribution in [0.5, 0.6) is 0 Å². The smallest absolute Gasteiger partial charge is 0.254 e. The molecule has 1 fully saturated rings. The van der Waals surface area contributed by atoms with Crippen molar-refractivity contribution in [3.63, 3.8) is 0 Å². The highest BCUT2D eigenvalue weighted by molar-refractivity contribution is 9.10. The molecule has 0 radical (unpaired) electrons.